The lowest BCUT2D eigenvalue weighted by atomic mass is 10.2. The van der Waals surface area contributed by atoms with Crippen molar-refractivity contribution in [2.75, 3.05) is 7.11 Å². The second-order valence-electron chi connectivity index (χ2n) is 4.32. The molecular weight excluding hydrogens is 275 g/mol. The Labute approximate surface area is 120 Å². The van der Waals surface area contributed by atoms with Crippen LogP contribution in [0.1, 0.15) is 5.56 Å². The molecule has 0 spiro atoms. The van der Waals surface area contributed by atoms with Crippen molar-refractivity contribution in [2.45, 2.75) is 6.61 Å². The smallest absolute Gasteiger partial charge is 0.161 e. The van der Waals surface area contributed by atoms with Gasteiger partial charge in [0.25, 0.3) is 0 Å². The van der Waals surface area contributed by atoms with E-state index < -0.39 is 0 Å². The van der Waals surface area contributed by atoms with E-state index >= 15 is 0 Å². The first kappa shape index (κ1) is 12.9. The highest BCUT2D eigenvalue weighted by Gasteiger charge is 2.09. The maximum Gasteiger partial charge on any atom is 0.161 e. The third-order valence-corrected chi connectivity index (χ3v) is 4.14. The largest absolute Gasteiger partial charge is 0.493 e. The number of para-hydroxylation sites is 2. The molecule has 0 bridgehead atoms. The number of benzene rings is 2. The van der Waals surface area contributed by atoms with Crippen molar-refractivity contribution < 1.29 is 13.9 Å². The van der Waals surface area contributed by atoms with Gasteiger partial charge in [0.15, 0.2) is 11.5 Å². The molecule has 0 unspecified atom stereocenters. The van der Waals surface area contributed by atoms with Gasteiger partial charge in [0.05, 0.1) is 11.8 Å². The average Bonchev–Trinajstić information content (AvgIpc) is 2.90. The number of methoxy groups -OCH3 is 1. The van der Waals surface area contributed by atoms with E-state index in [0.717, 1.165) is 10.9 Å². The van der Waals surface area contributed by atoms with Crippen molar-refractivity contribution in [2.24, 2.45) is 0 Å². The maximum atomic E-state index is 13.6. The van der Waals surface area contributed by atoms with E-state index in [-0.39, 0.29) is 5.82 Å². The number of rotatable bonds is 4. The monoisotopic (exact) mass is 288 g/mol. The normalized spacial score (nSPS) is 10.7. The Bertz CT molecular complexity index is 736. The minimum atomic E-state index is -0.184. The molecule has 3 rings (SSSR count). The van der Waals surface area contributed by atoms with Crippen LogP contribution in [-0.2, 0) is 6.61 Å². The minimum Gasteiger partial charge on any atom is -0.493 e. The fourth-order valence-electron chi connectivity index (χ4n) is 2.08. The first-order valence-electron chi connectivity index (χ1n) is 6.20. The number of ether oxygens (including phenoxy) is 2. The van der Waals surface area contributed by atoms with Gasteiger partial charge in [-0.3, -0.25) is 0 Å². The van der Waals surface area contributed by atoms with Gasteiger partial charge in [0.2, 0.25) is 0 Å². The van der Waals surface area contributed by atoms with E-state index in [9.17, 15) is 4.39 Å². The second kappa shape index (κ2) is 5.51. The molecule has 2 nitrogen and oxygen atoms in total. The Morgan fingerprint density at radius 2 is 1.85 bits per heavy atom. The molecule has 0 radical (unpaired) electrons. The third kappa shape index (κ3) is 2.34. The molecule has 4 heteroatoms. The van der Waals surface area contributed by atoms with Crippen LogP contribution >= 0.6 is 11.3 Å². The molecule has 0 aliphatic heterocycles. The summed E-state index contributed by atoms with van der Waals surface area (Å²) in [6.07, 6.45) is 0. The number of fused-ring (bicyclic) bond motifs is 1. The van der Waals surface area contributed by atoms with E-state index in [1.165, 1.54) is 17.4 Å². The summed E-state index contributed by atoms with van der Waals surface area (Å²) in [4.78, 5) is 0. The van der Waals surface area contributed by atoms with Crippen molar-refractivity contribution in [1.82, 2.24) is 0 Å². The standard InChI is InChI=1S/C16H13FO2S/c1-18-14-7-2-3-8-15(14)19-9-11-10-20-16-12(11)5-4-6-13(16)17/h2-8,10H,9H2,1H3. The summed E-state index contributed by atoms with van der Waals surface area (Å²) in [6, 6.07) is 12.6. The molecule has 1 aromatic heterocycles. The lowest BCUT2D eigenvalue weighted by Crippen LogP contribution is -1.96. The predicted molar refractivity (Wildman–Crippen MR) is 79.1 cm³/mol. The van der Waals surface area contributed by atoms with Crippen molar-refractivity contribution in [3.63, 3.8) is 0 Å². The molecule has 3 aromatic rings. The fourth-order valence-corrected chi connectivity index (χ4v) is 3.04. The van der Waals surface area contributed by atoms with Gasteiger partial charge in [-0.1, -0.05) is 24.3 Å². The van der Waals surface area contributed by atoms with Crippen molar-refractivity contribution in [1.29, 1.82) is 0 Å². The fraction of sp³-hybridized carbons (Fsp3) is 0.125. The van der Waals surface area contributed by atoms with E-state index in [0.29, 0.717) is 22.8 Å². The first-order chi connectivity index (χ1) is 9.79. The summed E-state index contributed by atoms with van der Waals surface area (Å²) < 4.78 is 25.3. The summed E-state index contributed by atoms with van der Waals surface area (Å²) in [5, 5.41) is 2.84. The molecule has 0 saturated carbocycles. The van der Waals surface area contributed by atoms with Gasteiger partial charge in [0, 0.05) is 10.9 Å². The van der Waals surface area contributed by atoms with Crippen molar-refractivity contribution in [3.8, 4) is 11.5 Å². The van der Waals surface area contributed by atoms with Crippen molar-refractivity contribution in [3.05, 3.63) is 59.2 Å². The van der Waals surface area contributed by atoms with Crippen LogP contribution in [0.15, 0.2) is 47.8 Å². The SMILES string of the molecule is COc1ccccc1OCc1csc2c(F)cccc12. The molecule has 0 atom stereocenters. The molecule has 102 valence electrons. The van der Waals surface area contributed by atoms with Gasteiger partial charge >= 0.3 is 0 Å². The zero-order valence-electron chi connectivity index (χ0n) is 10.9. The molecule has 0 saturated heterocycles. The molecule has 0 amide bonds. The highest BCUT2D eigenvalue weighted by Crippen LogP contribution is 2.31. The number of hydrogen-bond acceptors (Lipinski definition) is 3. The Balaban J connectivity index is 1.85. The third-order valence-electron chi connectivity index (χ3n) is 3.08. The van der Waals surface area contributed by atoms with Crippen LogP contribution in [0.5, 0.6) is 11.5 Å². The van der Waals surface area contributed by atoms with Crippen LogP contribution in [0.3, 0.4) is 0 Å². The molecule has 0 aliphatic rings. The highest BCUT2D eigenvalue weighted by atomic mass is 32.1. The maximum absolute atomic E-state index is 13.6. The Morgan fingerprint density at radius 1 is 1.05 bits per heavy atom. The molecule has 1 heterocycles. The summed E-state index contributed by atoms with van der Waals surface area (Å²) in [6.45, 7) is 0.393. The topological polar surface area (TPSA) is 18.5 Å². The van der Waals surface area contributed by atoms with Gasteiger partial charge < -0.3 is 9.47 Å². The summed E-state index contributed by atoms with van der Waals surface area (Å²) in [7, 11) is 1.61. The van der Waals surface area contributed by atoms with Crippen LogP contribution in [-0.4, -0.2) is 7.11 Å². The predicted octanol–water partition coefficient (Wildman–Crippen LogP) is 4.63. The molecule has 20 heavy (non-hydrogen) atoms. The van der Waals surface area contributed by atoms with Crippen LogP contribution in [0.4, 0.5) is 4.39 Å². The molecule has 0 aliphatic carbocycles. The zero-order chi connectivity index (χ0) is 13.9. The molecule has 0 N–H and O–H groups in total. The van der Waals surface area contributed by atoms with E-state index in [1.807, 2.05) is 35.7 Å². The van der Waals surface area contributed by atoms with E-state index in [1.54, 1.807) is 13.2 Å². The van der Waals surface area contributed by atoms with Crippen LogP contribution < -0.4 is 9.47 Å². The lowest BCUT2D eigenvalue weighted by molar-refractivity contribution is 0.286. The van der Waals surface area contributed by atoms with Crippen LogP contribution in [0.25, 0.3) is 10.1 Å². The summed E-state index contributed by atoms with van der Waals surface area (Å²) >= 11 is 1.40. The zero-order valence-corrected chi connectivity index (χ0v) is 11.7. The molecule has 0 fully saturated rings. The van der Waals surface area contributed by atoms with Gasteiger partial charge in [0.1, 0.15) is 12.4 Å². The molecule has 2 aromatic carbocycles. The van der Waals surface area contributed by atoms with E-state index in [2.05, 4.69) is 0 Å². The van der Waals surface area contributed by atoms with Crippen LogP contribution in [0, 0.1) is 5.82 Å². The minimum absolute atomic E-state index is 0.184. The van der Waals surface area contributed by atoms with Gasteiger partial charge in [-0.25, -0.2) is 4.39 Å². The highest BCUT2D eigenvalue weighted by molar-refractivity contribution is 7.17. The van der Waals surface area contributed by atoms with E-state index in [4.69, 9.17) is 9.47 Å². The summed E-state index contributed by atoms with van der Waals surface area (Å²) in [5.74, 6) is 1.19. The van der Waals surface area contributed by atoms with Crippen molar-refractivity contribution >= 4 is 21.4 Å². The lowest BCUT2D eigenvalue weighted by Gasteiger charge is -2.09. The molecular formula is C16H13FO2S. The van der Waals surface area contributed by atoms with Gasteiger partial charge in [-0.2, -0.15) is 0 Å². The number of hydrogen-bond donors (Lipinski definition) is 0. The van der Waals surface area contributed by atoms with Crippen LogP contribution in [0.2, 0.25) is 0 Å². The quantitative estimate of drug-likeness (QED) is 0.697. The Hall–Kier alpha value is -2.07. The second-order valence-corrected chi connectivity index (χ2v) is 5.20. The Morgan fingerprint density at radius 3 is 2.65 bits per heavy atom. The Kier molecular flexibility index (Phi) is 3.56. The summed E-state index contributed by atoms with van der Waals surface area (Å²) in [5.41, 5.74) is 0.982. The first-order valence-corrected chi connectivity index (χ1v) is 7.08. The number of halogens is 1. The number of thiophene rings is 1. The van der Waals surface area contributed by atoms with Gasteiger partial charge in [-0.15, -0.1) is 11.3 Å². The average molecular weight is 288 g/mol. The van der Waals surface area contributed by atoms with Gasteiger partial charge in [-0.05, 0) is 23.6 Å².